The van der Waals surface area contributed by atoms with Crippen molar-refractivity contribution in [1.82, 2.24) is 9.80 Å². The van der Waals surface area contributed by atoms with Crippen LogP contribution in [0.15, 0.2) is 48.0 Å². The number of phenols is 1. The van der Waals surface area contributed by atoms with E-state index in [1.54, 1.807) is 29.2 Å². The van der Waals surface area contributed by atoms with Gasteiger partial charge in [0.1, 0.15) is 5.76 Å². The second-order valence-corrected chi connectivity index (χ2v) is 9.92. The van der Waals surface area contributed by atoms with E-state index in [4.69, 9.17) is 4.74 Å². The number of hydrogen-bond acceptors (Lipinski definition) is 6. The fourth-order valence-corrected chi connectivity index (χ4v) is 4.86. The molecule has 1 amide bonds. The molecule has 1 aliphatic heterocycles. The Balaban J connectivity index is 1.98. The van der Waals surface area contributed by atoms with E-state index in [1.165, 1.54) is 6.07 Å². The third-order valence-corrected chi connectivity index (χ3v) is 6.99. The Labute approximate surface area is 226 Å². The number of rotatable bonds is 14. The Morgan fingerprint density at radius 1 is 0.947 bits per heavy atom. The second-order valence-electron chi connectivity index (χ2n) is 9.92. The highest BCUT2D eigenvalue weighted by molar-refractivity contribution is 6.46. The molecule has 3 rings (SSSR count). The van der Waals surface area contributed by atoms with Gasteiger partial charge in [-0.05, 0) is 70.4 Å². The van der Waals surface area contributed by atoms with Gasteiger partial charge >= 0.3 is 0 Å². The number of unbranched alkanes of at least 4 members (excludes halogenated alkanes) is 2. The fourth-order valence-electron chi connectivity index (χ4n) is 4.86. The number of phenolic OH excluding ortho intramolecular Hbond substituents is 1. The van der Waals surface area contributed by atoms with Crippen molar-refractivity contribution >= 4 is 17.4 Å². The number of Topliss-reactive ketones (excluding diaryl/α,β-unsaturated/α-hetero) is 1. The van der Waals surface area contributed by atoms with E-state index in [9.17, 15) is 19.8 Å². The van der Waals surface area contributed by atoms with Crippen LogP contribution in [0.4, 0.5) is 0 Å². The molecule has 206 valence electrons. The number of ether oxygens (including phenoxy) is 1. The first kappa shape index (κ1) is 29.2. The summed E-state index contributed by atoms with van der Waals surface area (Å²) in [7, 11) is 0. The molecule has 0 bridgehead atoms. The van der Waals surface area contributed by atoms with Gasteiger partial charge in [-0.25, -0.2) is 0 Å². The maximum absolute atomic E-state index is 13.3. The molecule has 1 heterocycles. The molecule has 38 heavy (non-hydrogen) atoms. The number of aromatic hydroxyl groups is 1. The van der Waals surface area contributed by atoms with Crippen molar-refractivity contribution < 1.29 is 24.5 Å². The van der Waals surface area contributed by atoms with E-state index in [2.05, 4.69) is 18.7 Å². The third kappa shape index (κ3) is 6.95. The molecule has 1 fully saturated rings. The zero-order valence-corrected chi connectivity index (χ0v) is 23.2. The number of nitrogens with zero attached hydrogens (tertiary/aromatic N) is 2. The molecule has 2 aromatic carbocycles. The topological polar surface area (TPSA) is 90.3 Å². The van der Waals surface area contributed by atoms with Gasteiger partial charge in [0.2, 0.25) is 0 Å². The summed E-state index contributed by atoms with van der Waals surface area (Å²) in [5, 5.41) is 21.5. The van der Waals surface area contributed by atoms with Crippen molar-refractivity contribution in [3.8, 4) is 11.5 Å². The van der Waals surface area contributed by atoms with Crippen LogP contribution in [-0.4, -0.2) is 64.5 Å². The van der Waals surface area contributed by atoms with Gasteiger partial charge in [-0.2, -0.15) is 0 Å². The number of aliphatic hydroxyl groups excluding tert-OH is 1. The normalized spacial score (nSPS) is 17.0. The highest BCUT2D eigenvalue weighted by Gasteiger charge is 2.46. The minimum atomic E-state index is -0.782. The van der Waals surface area contributed by atoms with E-state index >= 15 is 0 Å². The molecule has 0 aliphatic carbocycles. The van der Waals surface area contributed by atoms with Crippen molar-refractivity contribution in [3.05, 3.63) is 64.7 Å². The van der Waals surface area contributed by atoms with E-state index in [0.29, 0.717) is 30.7 Å². The zero-order chi connectivity index (χ0) is 27.7. The summed E-state index contributed by atoms with van der Waals surface area (Å²) in [5.74, 6) is -1.27. The Kier molecular flexibility index (Phi) is 10.8. The van der Waals surface area contributed by atoms with Gasteiger partial charge in [-0.3, -0.25) is 9.59 Å². The maximum atomic E-state index is 13.3. The maximum Gasteiger partial charge on any atom is 0.295 e. The molecule has 0 spiro atoms. The molecule has 7 nitrogen and oxygen atoms in total. The second kappa shape index (κ2) is 14.0. The van der Waals surface area contributed by atoms with Gasteiger partial charge in [0.15, 0.2) is 11.5 Å². The van der Waals surface area contributed by atoms with E-state index in [0.717, 1.165) is 50.9 Å². The summed E-state index contributed by atoms with van der Waals surface area (Å²) in [6.45, 7) is 11.7. The van der Waals surface area contributed by atoms with Crippen LogP contribution in [0.2, 0.25) is 0 Å². The van der Waals surface area contributed by atoms with E-state index < -0.39 is 17.7 Å². The molecule has 2 N–H and O–H groups in total. The number of benzene rings is 2. The van der Waals surface area contributed by atoms with Crippen molar-refractivity contribution in [2.75, 3.05) is 32.8 Å². The molecule has 0 aromatic heterocycles. The Bertz CT molecular complexity index is 1120. The quantitative estimate of drug-likeness (QED) is 0.185. The minimum Gasteiger partial charge on any atom is -0.507 e. The van der Waals surface area contributed by atoms with Gasteiger partial charge < -0.3 is 24.7 Å². The fraction of sp³-hybridized carbons (Fsp3) is 0.484. The number of likely N-dealkylation sites (tertiary alicyclic amines) is 1. The summed E-state index contributed by atoms with van der Waals surface area (Å²) in [6, 6.07) is 11.3. The lowest BCUT2D eigenvalue weighted by atomic mass is 9.94. The molecule has 0 unspecified atom stereocenters. The lowest BCUT2D eigenvalue weighted by Crippen LogP contribution is -2.34. The average molecular weight is 523 g/mol. The monoisotopic (exact) mass is 522 g/mol. The van der Waals surface area contributed by atoms with Crippen LogP contribution >= 0.6 is 0 Å². The number of carbonyl (C=O) groups excluding carboxylic acids is 2. The lowest BCUT2D eigenvalue weighted by molar-refractivity contribution is -0.140. The van der Waals surface area contributed by atoms with Gasteiger partial charge in [0, 0.05) is 12.1 Å². The van der Waals surface area contributed by atoms with Crippen molar-refractivity contribution in [3.63, 3.8) is 0 Å². The van der Waals surface area contributed by atoms with Crippen molar-refractivity contribution in [2.24, 2.45) is 0 Å². The largest absolute Gasteiger partial charge is 0.507 e. The average Bonchev–Trinajstić information content (AvgIpc) is 3.16. The van der Waals surface area contributed by atoms with Crippen LogP contribution < -0.4 is 4.74 Å². The molecular weight excluding hydrogens is 480 g/mol. The molecule has 1 aliphatic rings. The zero-order valence-electron chi connectivity index (χ0n) is 23.2. The number of ketones is 1. The van der Waals surface area contributed by atoms with Crippen LogP contribution in [0.1, 0.15) is 75.6 Å². The van der Waals surface area contributed by atoms with Crippen LogP contribution in [0.3, 0.4) is 0 Å². The summed E-state index contributed by atoms with van der Waals surface area (Å²) in [4.78, 5) is 30.6. The SMILES string of the molecule is CCCCN(CCCC)CCCN1C(=O)C(=O)C(=C(O)c2ccc(C)cc2)[C@@H]1c1ccc(O)c(OCC)c1. The molecule has 1 atom stereocenters. The third-order valence-electron chi connectivity index (χ3n) is 6.99. The van der Waals surface area contributed by atoms with Gasteiger partial charge in [-0.1, -0.05) is 62.6 Å². The van der Waals surface area contributed by atoms with Crippen LogP contribution in [0, 0.1) is 6.92 Å². The number of aliphatic hydroxyl groups is 1. The van der Waals surface area contributed by atoms with Crippen LogP contribution in [-0.2, 0) is 9.59 Å². The highest BCUT2D eigenvalue weighted by atomic mass is 16.5. The van der Waals surface area contributed by atoms with Crippen molar-refractivity contribution in [1.29, 1.82) is 0 Å². The Morgan fingerprint density at radius 2 is 1.58 bits per heavy atom. The predicted octanol–water partition coefficient (Wildman–Crippen LogP) is 5.81. The first-order valence-electron chi connectivity index (χ1n) is 13.9. The first-order chi connectivity index (χ1) is 18.3. The minimum absolute atomic E-state index is 0.0198. The van der Waals surface area contributed by atoms with Crippen LogP contribution in [0.25, 0.3) is 5.76 Å². The number of carbonyl (C=O) groups is 2. The van der Waals surface area contributed by atoms with Gasteiger partial charge in [0.05, 0.1) is 18.2 Å². The van der Waals surface area contributed by atoms with Gasteiger partial charge in [-0.15, -0.1) is 0 Å². The van der Waals surface area contributed by atoms with E-state index in [-0.39, 0.29) is 22.8 Å². The summed E-state index contributed by atoms with van der Waals surface area (Å²) >= 11 is 0. The molecule has 2 aromatic rings. The van der Waals surface area contributed by atoms with Gasteiger partial charge in [0.25, 0.3) is 11.7 Å². The smallest absolute Gasteiger partial charge is 0.295 e. The molecule has 1 saturated heterocycles. The summed E-state index contributed by atoms with van der Waals surface area (Å²) in [5.41, 5.74) is 2.16. The Morgan fingerprint density at radius 3 is 2.18 bits per heavy atom. The van der Waals surface area contributed by atoms with Crippen molar-refractivity contribution in [2.45, 2.75) is 65.8 Å². The standard InChI is InChI=1S/C31H42N2O5/c1-5-8-17-32(18-9-6-2)19-10-20-33-28(24-15-16-25(34)26(21-24)38-7-3)27(30(36)31(33)37)29(35)23-13-11-22(4)12-14-23/h11-16,21,28,34-35H,5-10,17-20H2,1-4H3/t28-/m0/s1. The number of amides is 1. The lowest BCUT2D eigenvalue weighted by Gasteiger charge is -2.28. The summed E-state index contributed by atoms with van der Waals surface area (Å²) in [6.07, 6.45) is 5.20. The number of aryl methyl sites for hydroxylation is 1. The molecule has 0 saturated carbocycles. The van der Waals surface area contributed by atoms with Crippen LogP contribution in [0.5, 0.6) is 11.5 Å². The number of hydrogen-bond donors (Lipinski definition) is 2. The predicted molar refractivity (Wildman–Crippen MR) is 150 cm³/mol. The molecular formula is C31H42N2O5. The highest BCUT2D eigenvalue weighted by Crippen LogP contribution is 2.41. The first-order valence-corrected chi connectivity index (χ1v) is 13.9. The van der Waals surface area contributed by atoms with E-state index in [1.807, 2.05) is 26.0 Å². The summed E-state index contributed by atoms with van der Waals surface area (Å²) < 4.78 is 5.58. The molecule has 7 heteroatoms. The Hall–Kier alpha value is -3.32. The molecule has 0 radical (unpaired) electrons.